The summed E-state index contributed by atoms with van der Waals surface area (Å²) >= 11 is 17.9. The van der Waals surface area contributed by atoms with Gasteiger partial charge in [-0.15, -0.1) is 23.2 Å². The maximum Gasteiger partial charge on any atom is 0.351 e. The molecular weight excluding hydrogens is 779 g/mol. The van der Waals surface area contributed by atoms with E-state index in [4.69, 9.17) is 32.7 Å². The van der Waals surface area contributed by atoms with Gasteiger partial charge in [0.15, 0.2) is 11.6 Å². The molecule has 2 aliphatic rings. The molecule has 0 amide bonds. The lowest BCUT2D eigenvalue weighted by atomic mass is 10.2. The molecular formula is C26H26Br2Cl2N10O6. The predicted molar refractivity (Wildman–Crippen MR) is 173 cm³/mol. The highest BCUT2D eigenvalue weighted by atomic mass is 79.9. The van der Waals surface area contributed by atoms with Gasteiger partial charge in [0.25, 0.3) is 0 Å². The molecule has 2 N–H and O–H groups in total. The molecule has 0 aliphatic carbocycles. The van der Waals surface area contributed by atoms with E-state index in [1.165, 1.54) is 43.8 Å². The summed E-state index contributed by atoms with van der Waals surface area (Å²) in [5.74, 6) is 1.02. The Morgan fingerprint density at radius 3 is 1.50 bits per heavy atom. The number of hydrogen-bond acceptors (Lipinski definition) is 12. The number of alkyl halides is 2. The highest BCUT2D eigenvalue weighted by Crippen LogP contribution is 2.30. The van der Waals surface area contributed by atoms with Crippen molar-refractivity contribution in [3.05, 3.63) is 79.8 Å². The van der Waals surface area contributed by atoms with E-state index < -0.39 is 48.3 Å². The third-order valence-electron chi connectivity index (χ3n) is 7.01. The van der Waals surface area contributed by atoms with E-state index in [0.29, 0.717) is 22.8 Å². The number of aliphatic hydroxyl groups excluding tert-OH is 2. The van der Waals surface area contributed by atoms with Gasteiger partial charge in [0.1, 0.15) is 37.8 Å². The molecule has 244 valence electrons. The first kappa shape index (κ1) is 34.2. The predicted octanol–water partition coefficient (Wildman–Crippen LogP) is 2.15. The number of aromatic nitrogens is 10. The van der Waals surface area contributed by atoms with Crippen LogP contribution in [-0.2, 0) is 9.47 Å². The molecule has 4 aromatic heterocycles. The van der Waals surface area contributed by atoms with Gasteiger partial charge in [-0.1, -0.05) is 31.9 Å². The number of halogens is 4. The Bertz CT molecular complexity index is 1660. The van der Waals surface area contributed by atoms with E-state index in [2.05, 4.69) is 62.0 Å². The number of aliphatic hydroxyl groups is 2. The van der Waals surface area contributed by atoms with Crippen molar-refractivity contribution in [2.75, 3.05) is 11.8 Å². The minimum Gasteiger partial charge on any atom is -0.390 e. The minimum absolute atomic E-state index is 0.158. The van der Waals surface area contributed by atoms with E-state index in [9.17, 15) is 19.8 Å². The molecule has 20 heteroatoms. The van der Waals surface area contributed by atoms with E-state index >= 15 is 0 Å². The van der Waals surface area contributed by atoms with Crippen molar-refractivity contribution in [1.82, 2.24) is 48.6 Å². The molecule has 0 radical (unpaired) electrons. The van der Waals surface area contributed by atoms with Crippen LogP contribution in [0.15, 0.2) is 57.3 Å². The van der Waals surface area contributed by atoms with Crippen LogP contribution < -0.4 is 11.4 Å². The Balaban J connectivity index is 0.000000181. The molecule has 6 atom stereocenters. The summed E-state index contributed by atoms with van der Waals surface area (Å²) in [4.78, 5) is 43.8. The number of ether oxygens (including phenoxy) is 2. The van der Waals surface area contributed by atoms with Crippen molar-refractivity contribution in [2.24, 2.45) is 0 Å². The van der Waals surface area contributed by atoms with Crippen molar-refractivity contribution in [2.45, 2.75) is 49.7 Å². The van der Waals surface area contributed by atoms with Crippen molar-refractivity contribution in [3.8, 4) is 11.6 Å². The maximum atomic E-state index is 12.3. The summed E-state index contributed by atoms with van der Waals surface area (Å²) in [7, 11) is 0. The van der Waals surface area contributed by atoms with Gasteiger partial charge in [0, 0.05) is 36.4 Å². The van der Waals surface area contributed by atoms with E-state index in [-0.39, 0.29) is 24.6 Å². The Labute approximate surface area is 287 Å². The van der Waals surface area contributed by atoms with E-state index in [0.717, 1.165) is 0 Å². The van der Waals surface area contributed by atoms with Gasteiger partial charge in [-0.25, -0.2) is 28.9 Å². The SMILES string of the molecule is O=c1nc(-n2cncn2)c(/C=C/Br)cn1[C@H]1C[C@H](O)[C@@H](CCl)O1.O=c1nc(-n2cncn2)c(/C=C\Br)cn1[C@H]1C[C@H](O)[C@@H](CCl)O1. The van der Waals surface area contributed by atoms with Crippen LogP contribution in [0.25, 0.3) is 23.8 Å². The molecule has 0 spiro atoms. The third-order valence-corrected chi connectivity index (χ3v) is 8.14. The number of nitrogens with zero attached hydrogens (tertiary/aromatic N) is 10. The first-order valence-corrected chi connectivity index (χ1v) is 16.5. The Morgan fingerprint density at radius 2 is 1.20 bits per heavy atom. The van der Waals surface area contributed by atoms with Crippen molar-refractivity contribution in [3.63, 3.8) is 0 Å². The molecule has 0 saturated carbocycles. The zero-order valence-electron chi connectivity index (χ0n) is 23.6. The van der Waals surface area contributed by atoms with Gasteiger partial charge >= 0.3 is 11.4 Å². The fourth-order valence-electron chi connectivity index (χ4n) is 4.79. The molecule has 2 fully saturated rings. The van der Waals surface area contributed by atoms with Crippen molar-refractivity contribution in [1.29, 1.82) is 0 Å². The van der Waals surface area contributed by atoms with Crippen LogP contribution in [0, 0.1) is 0 Å². The second kappa shape index (κ2) is 15.7. The topological polar surface area (TPSA) is 190 Å². The van der Waals surface area contributed by atoms with Crippen LogP contribution in [0.2, 0.25) is 0 Å². The van der Waals surface area contributed by atoms with Gasteiger partial charge in [0.05, 0.1) is 36.2 Å². The normalized spacial score (nSPS) is 24.6. The third kappa shape index (κ3) is 7.54. The van der Waals surface area contributed by atoms with Gasteiger partial charge in [0.2, 0.25) is 0 Å². The fraction of sp³-hybridized carbons (Fsp3) is 0.385. The second-order valence-electron chi connectivity index (χ2n) is 9.86. The summed E-state index contributed by atoms with van der Waals surface area (Å²) in [6, 6.07) is 0. The average Bonchev–Trinajstić information content (AvgIpc) is 3.87. The lowest BCUT2D eigenvalue weighted by Crippen LogP contribution is -2.29. The first-order chi connectivity index (χ1) is 22.3. The molecule has 16 nitrogen and oxygen atoms in total. The molecule has 0 aromatic carbocycles. The van der Waals surface area contributed by atoms with Crippen LogP contribution in [0.3, 0.4) is 0 Å². The maximum absolute atomic E-state index is 12.3. The second-order valence-corrected chi connectivity index (χ2v) is 11.5. The Kier molecular flexibility index (Phi) is 11.7. The van der Waals surface area contributed by atoms with Gasteiger partial charge < -0.3 is 19.7 Å². The van der Waals surface area contributed by atoms with Gasteiger partial charge in [-0.2, -0.15) is 20.2 Å². The van der Waals surface area contributed by atoms with E-state index in [1.54, 1.807) is 34.5 Å². The number of hydrogen-bond donors (Lipinski definition) is 2. The lowest BCUT2D eigenvalue weighted by molar-refractivity contribution is -0.00828. The molecule has 4 aromatic rings. The first-order valence-electron chi connectivity index (χ1n) is 13.6. The molecule has 0 unspecified atom stereocenters. The highest BCUT2D eigenvalue weighted by molar-refractivity contribution is 9.11. The standard InChI is InChI=1S/2C13H13BrClN5O3/c2*14-2-1-8-5-19(11-3-9(21)10(4-15)23-11)13(22)18-12(8)20-7-16-6-17-20/h2*1-2,5-7,9-11,21H,3-4H2/b2-1+;2-1-/t2*9-,10+,11+/m00/s1. The Hall–Kier alpha value is -3.10. The highest BCUT2D eigenvalue weighted by Gasteiger charge is 2.36. The molecule has 6 rings (SSSR count). The van der Waals surface area contributed by atoms with Crippen LogP contribution >= 0.6 is 55.1 Å². The molecule has 0 bridgehead atoms. The summed E-state index contributed by atoms with van der Waals surface area (Å²) in [5.41, 5.74) is 0.267. The van der Waals surface area contributed by atoms with Crippen LogP contribution in [0.1, 0.15) is 36.4 Å². The monoisotopic (exact) mass is 802 g/mol. The van der Waals surface area contributed by atoms with Crippen LogP contribution in [-0.4, -0.2) is 95.0 Å². The zero-order valence-corrected chi connectivity index (χ0v) is 28.3. The molecule has 2 saturated heterocycles. The molecule has 2 aliphatic heterocycles. The lowest BCUT2D eigenvalue weighted by Gasteiger charge is -2.16. The minimum atomic E-state index is -0.713. The zero-order chi connectivity index (χ0) is 32.8. The summed E-state index contributed by atoms with van der Waals surface area (Å²) in [5, 5.41) is 27.8. The molecule has 46 heavy (non-hydrogen) atoms. The summed E-state index contributed by atoms with van der Waals surface area (Å²) < 4.78 is 16.7. The average molecular weight is 805 g/mol. The number of rotatable bonds is 8. The fourth-order valence-corrected chi connectivity index (χ4v) is 5.91. The largest absolute Gasteiger partial charge is 0.390 e. The quantitative estimate of drug-likeness (QED) is 0.248. The van der Waals surface area contributed by atoms with Crippen LogP contribution in [0.4, 0.5) is 0 Å². The van der Waals surface area contributed by atoms with E-state index in [1.807, 2.05) is 0 Å². The van der Waals surface area contributed by atoms with Gasteiger partial charge in [-0.05, 0) is 22.1 Å². The van der Waals surface area contributed by atoms with Crippen molar-refractivity contribution >= 4 is 67.2 Å². The van der Waals surface area contributed by atoms with Gasteiger partial charge in [-0.3, -0.25) is 9.13 Å². The summed E-state index contributed by atoms with van der Waals surface area (Å²) in [6.45, 7) is 0. The van der Waals surface area contributed by atoms with Crippen molar-refractivity contribution < 1.29 is 19.7 Å². The molecule has 6 heterocycles. The Morgan fingerprint density at radius 1 is 0.783 bits per heavy atom. The smallest absolute Gasteiger partial charge is 0.351 e. The summed E-state index contributed by atoms with van der Waals surface area (Å²) in [6.07, 6.45) is 9.20. The van der Waals surface area contributed by atoms with Crippen LogP contribution in [0.5, 0.6) is 0 Å².